The summed E-state index contributed by atoms with van der Waals surface area (Å²) < 4.78 is 10.8. The summed E-state index contributed by atoms with van der Waals surface area (Å²) in [7, 11) is 0. The molecule has 0 aliphatic carbocycles. The molecule has 1 fully saturated rings. The monoisotopic (exact) mass is 371 g/mol. The fraction of sp³-hybridized carbons (Fsp3) is 0.611. The molecular weight excluding hydrogens is 344 g/mol. The normalized spacial score (nSPS) is 16.1. The van der Waals surface area contributed by atoms with Crippen LogP contribution in [0.2, 0.25) is 0 Å². The predicted molar refractivity (Wildman–Crippen MR) is 92.5 cm³/mol. The highest BCUT2D eigenvalue weighted by Crippen LogP contribution is 2.22. The minimum atomic E-state index is -0.557. The van der Waals surface area contributed by atoms with Gasteiger partial charge in [0, 0.05) is 32.7 Å². The summed E-state index contributed by atoms with van der Waals surface area (Å²) in [6, 6.07) is 6.00. The van der Waals surface area contributed by atoms with Gasteiger partial charge in [0.25, 0.3) is 0 Å². The minimum absolute atomic E-state index is 0. The molecule has 1 aromatic carbocycles. The molecule has 1 aromatic rings. The van der Waals surface area contributed by atoms with Crippen molar-refractivity contribution in [1.29, 1.82) is 0 Å². The van der Waals surface area contributed by atoms with Crippen molar-refractivity contribution in [2.24, 2.45) is 0 Å². The first-order chi connectivity index (χ1) is 11.5. The average Bonchev–Trinajstić information content (AvgIpc) is 2.55. The Morgan fingerprint density at radius 2 is 1.80 bits per heavy atom. The minimum Gasteiger partial charge on any atom is -1.00 e. The molecule has 1 amide bonds. The van der Waals surface area contributed by atoms with Crippen LogP contribution in [0, 0.1) is 13.8 Å². The topological polar surface area (TPSA) is 62.2 Å². The Hall–Kier alpha value is -1.50. The molecule has 1 atom stereocenters. The van der Waals surface area contributed by atoms with Gasteiger partial charge >= 0.3 is 6.09 Å². The fourth-order valence-corrected chi connectivity index (χ4v) is 2.88. The molecule has 0 spiro atoms. The maximum atomic E-state index is 11.7. The standard InChI is InChI=1S/C18H28N2O4.ClH/c1-4-23-18(22)20-10-8-19(9-11-20)12-16(21)13-24-17-14(2)6-5-7-15(17)3;/h5-7,16,21H,4,8-13H2,1-3H3;1H/p-1. The predicted octanol–water partition coefficient (Wildman–Crippen LogP) is -1.18. The maximum absolute atomic E-state index is 11.7. The van der Waals surface area contributed by atoms with Crippen LogP contribution >= 0.6 is 0 Å². The third-order valence-electron chi connectivity index (χ3n) is 4.20. The van der Waals surface area contributed by atoms with E-state index < -0.39 is 6.10 Å². The van der Waals surface area contributed by atoms with E-state index in [9.17, 15) is 9.90 Å². The third kappa shape index (κ3) is 6.38. The summed E-state index contributed by atoms with van der Waals surface area (Å²) in [6.07, 6.45) is -0.811. The number of rotatable bonds is 6. The van der Waals surface area contributed by atoms with E-state index in [-0.39, 0.29) is 25.1 Å². The number of β-amino-alcohol motifs (C(OH)–C–C–N with tert-alkyl or cyclic N) is 1. The number of carbonyl (C=O) groups excluding carboxylic acids is 1. The molecule has 7 heteroatoms. The van der Waals surface area contributed by atoms with Crippen LogP contribution in [0.4, 0.5) is 4.79 Å². The van der Waals surface area contributed by atoms with Crippen LogP contribution in [0.3, 0.4) is 0 Å². The van der Waals surface area contributed by atoms with Gasteiger partial charge in [0.15, 0.2) is 0 Å². The van der Waals surface area contributed by atoms with Crippen molar-refractivity contribution in [2.45, 2.75) is 26.9 Å². The van der Waals surface area contributed by atoms with E-state index in [4.69, 9.17) is 9.47 Å². The van der Waals surface area contributed by atoms with Gasteiger partial charge < -0.3 is 31.9 Å². The molecule has 1 heterocycles. The molecule has 142 valence electrons. The van der Waals surface area contributed by atoms with Crippen molar-refractivity contribution in [3.8, 4) is 5.75 Å². The smallest absolute Gasteiger partial charge is 0.409 e. The number of halogens is 1. The second-order valence-electron chi connectivity index (χ2n) is 6.17. The Kier molecular flexibility index (Phi) is 9.03. The van der Waals surface area contributed by atoms with Crippen molar-refractivity contribution in [2.75, 3.05) is 45.9 Å². The number of para-hydroxylation sites is 1. The first-order valence-electron chi connectivity index (χ1n) is 8.52. The van der Waals surface area contributed by atoms with Gasteiger partial charge in [-0.15, -0.1) is 0 Å². The van der Waals surface area contributed by atoms with E-state index in [2.05, 4.69) is 4.90 Å². The molecule has 0 radical (unpaired) electrons. The molecule has 1 N–H and O–H groups in total. The van der Waals surface area contributed by atoms with E-state index in [1.807, 2.05) is 32.0 Å². The van der Waals surface area contributed by atoms with Gasteiger partial charge in [-0.3, -0.25) is 4.90 Å². The molecule has 0 saturated carbocycles. The van der Waals surface area contributed by atoms with Crippen LogP contribution in [0.5, 0.6) is 5.75 Å². The second-order valence-corrected chi connectivity index (χ2v) is 6.17. The molecule has 2 rings (SSSR count). The molecule has 1 unspecified atom stereocenters. The van der Waals surface area contributed by atoms with Gasteiger partial charge in [0.05, 0.1) is 6.61 Å². The summed E-state index contributed by atoms with van der Waals surface area (Å²) in [4.78, 5) is 15.5. The largest absolute Gasteiger partial charge is 1.00 e. The molecular formula is C18H28ClN2O4-. The maximum Gasteiger partial charge on any atom is 0.409 e. The van der Waals surface area contributed by atoms with Crippen LogP contribution in [0.1, 0.15) is 18.1 Å². The average molecular weight is 372 g/mol. The van der Waals surface area contributed by atoms with Gasteiger partial charge in [-0.1, -0.05) is 18.2 Å². The summed E-state index contributed by atoms with van der Waals surface area (Å²) >= 11 is 0. The number of aliphatic hydroxyl groups is 1. The number of hydrogen-bond acceptors (Lipinski definition) is 5. The van der Waals surface area contributed by atoms with Gasteiger partial charge in [-0.2, -0.15) is 0 Å². The van der Waals surface area contributed by atoms with Crippen LogP contribution in [-0.4, -0.2) is 73.0 Å². The van der Waals surface area contributed by atoms with Crippen LogP contribution < -0.4 is 17.1 Å². The Morgan fingerprint density at radius 1 is 1.20 bits per heavy atom. The lowest BCUT2D eigenvalue weighted by Crippen LogP contribution is -3.00. The number of nitrogens with zero attached hydrogens (tertiary/aromatic N) is 2. The number of ether oxygens (including phenoxy) is 2. The zero-order valence-corrected chi connectivity index (χ0v) is 16.0. The van der Waals surface area contributed by atoms with E-state index in [1.165, 1.54) is 0 Å². The number of amides is 1. The second kappa shape index (κ2) is 10.5. The lowest BCUT2D eigenvalue weighted by Gasteiger charge is -2.34. The van der Waals surface area contributed by atoms with Crippen molar-refractivity contribution >= 4 is 6.09 Å². The van der Waals surface area contributed by atoms with Gasteiger partial charge in [-0.05, 0) is 31.9 Å². The number of piperazine rings is 1. The Bertz CT molecular complexity index is 528. The highest BCUT2D eigenvalue weighted by Gasteiger charge is 2.23. The Labute approximate surface area is 156 Å². The number of hydrogen-bond donors (Lipinski definition) is 1. The van der Waals surface area contributed by atoms with Crippen molar-refractivity contribution in [1.82, 2.24) is 9.80 Å². The van der Waals surface area contributed by atoms with Gasteiger partial charge in [0.1, 0.15) is 18.5 Å². The van der Waals surface area contributed by atoms with Gasteiger partial charge in [0.2, 0.25) is 0 Å². The van der Waals surface area contributed by atoms with Crippen molar-refractivity contribution in [3.05, 3.63) is 29.3 Å². The summed E-state index contributed by atoms with van der Waals surface area (Å²) in [5, 5.41) is 10.2. The Morgan fingerprint density at radius 3 is 2.36 bits per heavy atom. The van der Waals surface area contributed by atoms with E-state index in [0.29, 0.717) is 26.2 Å². The lowest BCUT2D eigenvalue weighted by atomic mass is 10.1. The van der Waals surface area contributed by atoms with Crippen LogP contribution in [0.25, 0.3) is 0 Å². The van der Waals surface area contributed by atoms with Crippen LogP contribution in [0.15, 0.2) is 18.2 Å². The summed E-state index contributed by atoms with van der Waals surface area (Å²) in [6.45, 7) is 9.75. The van der Waals surface area contributed by atoms with Crippen molar-refractivity contribution in [3.63, 3.8) is 0 Å². The lowest BCUT2D eigenvalue weighted by molar-refractivity contribution is -0.0000196. The quantitative estimate of drug-likeness (QED) is 0.682. The first-order valence-corrected chi connectivity index (χ1v) is 8.52. The molecule has 0 aromatic heterocycles. The fourth-order valence-electron chi connectivity index (χ4n) is 2.88. The number of aryl methyl sites for hydroxylation is 2. The molecule has 0 bridgehead atoms. The highest BCUT2D eigenvalue weighted by molar-refractivity contribution is 5.67. The first kappa shape index (κ1) is 21.5. The van der Waals surface area contributed by atoms with E-state index in [1.54, 1.807) is 11.8 Å². The van der Waals surface area contributed by atoms with E-state index in [0.717, 1.165) is 30.0 Å². The SMILES string of the molecule is CCOC(=O)N1CCN(CC(O)COc2c(C)cccc2C)CC1.[Cl-]. The number of carbonyl (C=O) groups is 1. The van der Waals surface area contributed by atoms with Gasteiger partial charge in [-0.25, -0.2) is 4.79 Å². The molecule has 6 nitrogen and oxygen atoms in total. The Balaban J connectivity index is 0.00000312. The summed E-state index contributed by atoms with van der Waals surface area (Å²) in [5.41, 5.74) is 2.15. The van der Waals surface area contributed by atoms with Crippen molar-refractivity contribution < 1.29 is 31.8 Å². The highest BCUT2D eigenvalue weighted by atomic mass is 35.5. The zero-order valence-electron chi connectivity index (χ0n) is 15.2. The molecule has 1 saturated heterocycles. The summed E-state index contributed by atoms with van der Waals surface area (Å²) in [5.74, 6) is 0.851. The van der Waals surface area contributed by atoms with Crippen LogP contribution in [-0.2, 0) is 4.74 Å². The number of benzene rings is 1. The molecule has 25 heavy (non-hydrogen) atoms. The van der Waals surface area contributed by atoms with E-state index >= 15 is 0 Å². The molecule has 1 aliphatic rings. The number of aliphatic hydroxyl groups excluding tert-OH is 1. The molecule has 1 aliphatic heterocycles. The third-order valence-corrected chi connectivity index (χ3v) is 4.20. The zero-order chi connectivity index (χ0) is 17.5.